The molecule has 0 saturated carbocycles. The normalized spacial score (nSPS) is 10.7. The van der Waals surface area contributed by atoms with Crippen LogP contribution in [0.5, 0.6) is 5.75 Å². The van der Waals surface area contributed by atoms with Crippen molar-refractivity contribution in [1.29, 1.82) is 0 Å². The lowest BCUT2D eigenvalue weighted by Gasteiger charge is -2.01. The lowest BCUT2D eigenvalue weighted by atomic mass is 10.1. The maximum atomic E-state index is 5.87. The fraction of sp³-hybridized carbons (Fsp3) is 0.125. The molecule has 0 N–H and O–H groups in total. The molecule has 3 rings (SSSR count). The van der Waals surface area contributed by atoms with Gasteiger partial charge in [-0.15, -0.1) is 0 Å². The molecule has 2 aromatic carbocycles. The molecule has 2 heteroatoms. The van der Waals surface area contributed by atoms with Crippen LogP contribution in [0, 0.1) is 0 Å². The zero-order chi connectivity index (χ0) is 12.4. The molecule has 0 unspecified atom stereocenters. The van der Waals surface area contributed by atoms with Crippen LogP contribution in [0.2, 0.25) is 0 Å². The molecule has 0 radical (unpaired) electrons. The summed E-state index contributed by atoms with van der Waals surface area (Å²) < 4.78 is 11.3. The predicted octanol–water partition coefficient (Wildman–Crippen LogP) is 4.03. The minimum atomic E-state index is 0.749. The lowest BCUT2D eigenvalue weighted by molar-refractivity contribution is 0.399. The van der Waals surface area contributed by atoms with Crippen molar-refractivity contribution in [3.63, 3.8) is 0 Å². The Labute approximate surface area is 106 Å². The quantitative estimate of drug-likeness (QED) is 0.687. The van der Waals surface area contributed by atoms with Gasteiger partial charge in [0, 0.05) is 6.42 Å². The van der Waals surface area contributed by atoms with Crippen LogP contribution in [0.1, 0.15) is 11.3 Å². The van der Waals surface area contributed by atoms with Gasteiger partial charge in [-0.25, -0.2) is 0 Å². The summed E-state index contributed by atoms with van der Waals surface area (Å²) in [5, 5.41) is 1.03. The molecular formula is C16H14O2. The molecule has 18 heavy (non-hydrogen) atoms. The number of hydrogen-bond donors (Lipinski definition) is 0. The van der Waals surface area contributed by atoms with E-state index in [1.165, 1.54) is 5.56 Å². The largest absolute Gasteiger partial charge is 0.492 e. The Kier molecular flexibility index (Phi) is 2.77. The maximum Gasteiger partial charge on any atom is 0.168 e. The topological polar surface area (TPSA) is 22.4 Å². The summed E-state index contributed by atoms with van der Waals surface area (Å²) in [5.74, 6) is 1.72. The van der Waals surface area contributed by atoms with Crippen LogP contribution >= 0.6 is 0 Å². The Morgan fingerprint density at radius 3 is 2.44 bits per heavy atom. The average molecular weight is 238 g/mol. The summed E-state index contributed by atoms with van der Waals surface area (Å²) in [4.78, 5) is 0. The van der Waals surface area contributed by atoms with Gasteiger partial charge in [0.1, 0.15) is 5.58 Å². The molecule has 0 bridgehead atoms. The molecule has 0 spiro atoms. The summed E-state index contributed by atoms with van der Waals surface area (Å²) >= 11 is 0. The van der Waals surface area contributed by atoms with Crippen molar-refractivity contribution in [2.75, 3.05) is 7.11 Å². The van der Waals surface area contributed by atoms with Crippen LogP contribution in [-0.4, -0.2) is 7.11 Å². The van der Waals surface area contributed by atoms with E-state index in [0.717, 1.165) is 28.9 Å². The van der Waals surface area contributed by atoms with E-state index in [1.54, 1.807) is 7.11 Å². The van der Waals surface area contributed by atoms with E-state index in [1.807, 2.05) is 42.5 Å². The summed E-state index contributed by atoms with van der Waals surface area (Å²) in [6, 6.07) is 18.2. The first-order valence-corrected chi connectivity index (χ1v) is 5.97. The van der Waals surface area contributed by atoms with E-state index in [4.69, 9.17) is 9.15 Å². The van der Waals surface area contributed by atoms with Gasteiger partial charge in [0.05, 0.1) is 12.5 Å². The number of rotatable bonds is 3. The van der Waals surface area contributed by atoms with Gasteiger partial charge in [0.2, 0.25) is 0 Å². The fourth-order valence-electron chi connectivity index (χ4n) is 2.19. The van der Waals surface area contributed by atoms with Gasteiger partial charge in [-0.2, -0.15) is 0 Å². The molecule has 1 heterocycles. The second kappa shape index (κ2) is 4.57. The number of furan rings is 1. The number of para-hydroxylation sites is 1. The zero-order valence-corrected chi connectivity index (χ0v) is 10.2. The lowest BCUT2D eigenvalue weighted by Crippen LogP contribution is -1.90. The molecule has 0 saturated heterocycles. The smallest absolute Gasteiger partial charge is 0.168 e. The SMILES string of the molecule is COc1c(Cc2ccccc2)oc2ccccc12. The highest BCUT2D eigenvalue weighted by molar-refractivity contribution is 5.85. The van der Waals surface area contributed by atoms with E-state index < -0.39 is 0 Å². The van der Waals surface area contributed by atoms with Crippen LogP contribution in [0.15, 0.2) is 59.0 Å². The van der Waals surface area contributed by atoms with Crippen LogP contribution in [0.3, 0.4) is 0 Å². The van der Waals surface area contributed by atoms with Gasteiger partial charge in [-0.05, 0) is 17.7 Å². The first-order chi connectivity index (χ1) is 8.88. The Bertz CT molecular complexity index is 653. The summed E-state index contributed by atoms with van der Waals surface area (Å²) in [5.41, 5.74) is 2.09. The van der Waals surface area contributed by atoms with Crippen LogP contribution in [0.4, 0.5) is 0 Å². The minimum absolute atomic E-state index is 0.749. The third-order valence-electron chi connectivity index (χ3n) is 3.03. The van der Waals surface area contributed by atoms with E-state index in [-0.39, 0.29) is 0 Å². The Hall–Kier alpha value is -2.22. The Morgan fingerprint density at radius 2 is 1.67 bits per heavy atom. The second-order valence-electron chi connectivity index (χ2n) is 4.22. The van der Waals surface area contributed by atoms with Crippen LogP contribution in [-0.2, 0) is 6.42 Å². The number of benzene rings is 2. The molecule has 3 aromatic rings. The third-order valence-corrected chi connectivity index (χ3v) is 3.03. The van der Waals surface area contributed by atoms with Crippen molar-refractivity contribution in [2.45, 2.75) is 6.42 Å². The molecule has 0 aliphatic heterocycles. The van der Waals surface area contributed by atoms with E-state index in [0.29, 0.717) is 0 Å². The molecule has 1 aromatic heterocycles. The monoisotopic (exact) mass is 238 g/mol. The van der Waals surface area contributed by atoms with Gasteiger partial charge >= 0.3 is 0 Å². The molecule has 0 aliphatic carbocycles. The highest BCUT2D eigenvalue weighted by atomic mass is 16.5. The molecular weight excluding hydrogens is 224 g/mol. The third kappa shape index (κ3) is 1.86. The second-order valence-corrected chi connectivity index (χ2v) is 4.22. The highest BCUT2D eigenvalue weighted by Crippen LogP contribution is 2.33. The van der Waals surface area contributed by atoms with Gasteiger partial charge in [0.25, 0.3) is 0 Å². The van der Waals surface area contributed by atoms with E-state index in [9.17, 15) is 0 Å². The van der Waals surface area contributed by atoms with Gasteiger partial charge in [-0.3, -0.25) is 0 Å². The van der Waals surface area contributed by atoms with Crippen molar-refractivity contribution in [3.05, 3.63) is 65.9 Å². The predicted molar refractivity (Wildman–Crippen MR) is 72.0 cm³/mol. The summed E-state index contributed by atoms with van der Waals surface area (Å²) in [6.45, 7) is 0. The fourth-order valence-corrected chi connectivity index (χ4v) is 2.19. The van der Waals surface area contributed by atoms with Crippen LogP contribution in [0.25, 0.3) is 11.0 Å². The van der Waals surface area contributed by atoms with Gasteiger partial charge in [-0.1, -0.05) is 42.5 Å². The Balaban J connectivity index is 2.06. The molecule has 90 valence electrons. The number of methoxy groups -OCH3 is 1. The molecule has 0 atom stereocenters. The highest BCUT2D eigenvalue weighted by Gasteiger charge is 2.14. The first-order valence-electron chi connectivity index (χ1n) is 5.97. The van der Waals surface area contributed by atoms with Gasteiger partial charge in [0.15, 0.2) is 11.5 Å². The minimum Gasteiger partial charge on any atom is -0.492 e. The molecule has 0 fully saturated rings. The zero-order valence-electron chi connectivity index (χ0n) is 10.2. The van der Waals surface area contributed by atoms with Crippen molar-refractivity contribution in [1.82, 2.24) is 0 Å². The number of fused-ring (bicyclic) bond motifs is 1. The van der Waals surface area contributed by atoms with Gasteiger partial charge < -0.3 is 9.15 Å². The van der Waals surface area contributed by atoms with E-state index >= 15 is 0 Å². The molecule has 0 aliphatic rings. The standard InChI is InChI=1S/C16H14O2/c1-17-16-13-9-5-6-10-14(13)18-15(16)11-12-7-3-2-4-8-12/h2-10H,11H2,1H3. The van der Waals surface area contributed by atoms with Crippen molar-refractivity contribution in [2.24, 2.45) is 0 Å². The molecule has 0 amide bonds. The van der Waals surface area contributed by atoms with Crippen molar-refractivity contribution < 1.29 is 9.15 Å². The summed E-state index contributed by atoms with van der Waals surface area (Å²) in [6.07, 6.45) is 0.749. The number of hydrogen-bond acceptors (Lipinski definition) is 2. The molecule has 2 nitrogen and oxygen atoms in total. The maximum absolute atomic E-state index is 5.87. The van der Waals surface area contributed by atoms with Crippen molar-refractivity contribution >= 4 is 11.0 Å². The van der Waals surface area contributed by atoms with E-state index in [2.05, 4.69) is 12.1 Å². The van der Waals surface area contributed by atoms with Crippen molar-refractivity contribution in [3.8, 4) is 5.75 Å². The average Bonchev–Trinajstić information content (AvgIpc) is 2.77. The number of ether oxygens (including phenoxy) is 1. The van der Waals surface area contributed by atoms with Crippen LogP contribution < -0.4 is 4.74 Å². The Morgan fingerprint density at radius 1 is 0.944 bits per heavy atom. The first kappa shape index (κ1) is 10.9. The summed E-state index contributed by atoms with van der Waals surface area (Å²) in [7, 11) is 1.69.